The fraction of sp³-hybridized carbons (Fsp3) is 0.571. The summed E-state index contributed by atoms with van der Waals surface area (Å²) < 4.78 is 0. The molecule has 1 aromatic heterocycles. The van der Waals surface area contributed by atoms with Crippen molar-refractivity contribution >= 4 is 34.9 Å². The van der Waals surface area contributed by atoms with Gasteiger partial charge in [0.05, 0.1) is 5.92 Å². The highest BCUT2D eigenvalue weighted by Gasteiger charge is 2.29. The molecule has 0 aliphatic carbocycles. The molecule has 1 aliphatic rings. The molecular weight excluding hydrogens is 306 g/mol. The van der Waals surface area contributed by atoms with E-state index in [1.807, 2.05) is 22.6 Å². The van der Waals surface area contributed by atoms with E-state index in [9.17, 15) is 9.59 Å². The van der Waals surface area contributed by atoms with Crippen molar-refractivity contribution in [3.8, 4) is 0 Å². The standard InChI is InChI=1S/C14H21N3O2S2/c1-20-11-4-8-21-12(11)14(19)17-7-2-3-10(9-17)13(18)16-6-5-15/h4,8,10H,2-3,5-7,9,15H2,1H3,(H,16,18). The number of nitrogens with one attached hydrogen (secondary N) is 1. The molecule has 1 aliphatic heterocycles. The molecule has 3 N–H and O–H groups in total. The van der Waals surface area contributed by atoms with Crippen molar-refractivity contribution in [1.82, 2.24) is 10.2 Å². The fourth-order valence-corrected chi connectivity index (χ4v) is 4.18. The summed E-state index contributed by atoms with van der Waals surface area (Å²) in [5.41, 5.74) is 5.40. The molecule has 0 radical (unpaired) electrons. The van der Waals surface area contributed by atoms with Crippen molar-refractivity contribution in [2.75, 3.05) is 32.4 Å². The number of piperidine rings is 1. The number of amides is 2. The maximum absolute atomic E-state index is 12.6. The molecule has 1 atom stereocenters. The Morgan fingerprint density at radius 2 is 2.38 bits per heavy atom. The third kappa shape index (κ3) is 3.99. The molecule has 0 spiro atoms. The van der Waals surface area contributed by atoms with Crippen LogP contribution in [-0.2, 0) is 4.79 Å². The molecule has 2 amide bonds. The van der Waals surface area contributed by atoms with Crippen molar-refractivity contribution in [1.29, 1.82) is 0 Å². The monoisotopic (exact) mass is 327 g/mol. The molecule has 1 saturated heterocycles. The quantitative estimate of drug-likeness (QED) is 0.802. The number of rotatable bonds is 5. The van der Waals surface area contributed by atoms with Gasteiger partial charge in [-0.25, -0.2) is 0 Å². The summed E-state index contributed by atoms with van der Waals surface area (Å²) >= 11 is 3.05. The highest BCUT2D eigenvalue weighted by Crippen LogP contribution is 2.28. The first-order chi connectivity index (χ1) is 10.2. The van der Waals surface area contributed by atoms with E-state index in [4.69, 9.17) is 5.73 Å². The molecular formula is C14H21N3O2S2. The van der Waals surface area contributed by atoms with E-state index >= 15 is 0 Å². The van der Waals surface area contributed by atoms with E-state index in [1.165, 1.54) is 11.3 Å². The number of carbonyl (C=O) groups is 2. The van der Waals surface area contributed by atoms with E-state index in [2.05, 4.69) is 5.32 Å². The summed E-state index contributed by atoms with van der Waals surface area (Å²) in [5, 5.41) is 4.75. The summed E-state index contributed by atoms with van der Waals surface area (Å²) in [5.74, 6) is -0.0631. The highest BCUT2D eigenvalue weighted by atomic mass is 32.2. The van der Waals surface area contributed by atoms with Gasteiger partial charge in [0.1, 0.15) is 4.88 Å². The zero-order valence-corrected chi connectivity index (χ0v) is 13.8. The molecule has 0 aromatic carbocycles. The van der Waals surface area contributed by atoms with Crippen LogP contribution in [0.2, 0.25) is 0 Å². The highest BCUT2D eigenvalue weighted by molar-refractivity contribution is 7.98. The Hall–Kier alpha value is -1.05. The lowest BCUT2D eigenvalue weighted by Crippen LogP contribution is -2.46. The topological polar surface area (TPSA) is 75.4 Å². The lowest BCUT2D eigenvalue weighted by atomic mass is 9.97. The molecule has 2 rings (SSSR count). The van der Waals surface area contributed by atoms with E-state index < -0.39 is 0 Å². The summed E-state index contributed by atoms with van der Waals surface area (Å²) in [7, 11) is 0. The maximum Gasteiger partial charge on any atom is 0.265 e. The number of thioether (sulfide) groups is 1. The predicted molar refractivity (Wildman–Crippen MR) is 86.8 cm³/mol. The number of hydrogen-bond acceptors (Lipinski definition) is 5. The van der Waals surface area contributed by atoms with Crippen LogP contribution in [0, 0.1) is 5.92 Å². The Bertz CT molecular complexity index is 504. The molecule has 2 heterocycles. The van der Waals surface area contributed by atoms with Gasteiger partial charge in [0.2, 0.25) is 5.91 Å². The number of nitrogens with zero attached hydrogens (tertiary/aromatic N) is 1. The minimum atomic E-state index is -0.119. The van der Waals surface area contributed by atoms with Gasteiger partial charge >= 0.3 is 0 Å². The Labute approximate surface area is 133 Å². The largest absolute Gasteiger partial charge is 0.355 e. The Morgan fingerprint density at radius 1 is 1.57 bits per heavy atom. The number of thiophene rings is 1. The van der Waals surface area contributed by atoms with Crippen LogP contribution in [0.1, 0.15) is 22.5 Å². The Balaban J connectivity index is 2.00. The third-order valence-corrected chi connectivity index (χ3v) is 5.38. The van der Waals surface area contributed by atoms with Crippen molar-refractivity contribution in [2.45, 2.75) is 17.7 Å². The van der Waals surface area contributed by atoms with E-state index in [0.717, 1.165) is 29.2 Å². The van der Waals surface area contributed by atoms with Crippen LogP contribution in [-0.4, -0.2) is 49.1 Å². The number of carbonyl (C=O) groups excluding carboxylic acids is 2. The summed E-state index contributed by atoms with van der Waals surface area (Å²) in [6.45, 7) is 2.16. The zero-order chi connectivity index (χ0) is 15.2. The lowest BCUT2D eigenvalue weighted by Gasteiger charge is -2.32. The van der Waals surface area contributed by atoms with Gasteiger partial charge in [-0.15, -0.1) is 23.1 Å². The normalized spacial score (nSPS) is 18.6. The Kier molecular flexibility index (Phi) is 6.08. The molecule has 21 heavy (non-hydrogen) atoms. The van der Waals surface area contributed by atoms with Gasteiger partial charge in [-0.1, -0.05) is 0 Å². The summed E-state index contributed by atoms with van der Waals surface area (Å²) in [4.78, 5) is 28.2. The van der Waals surface area contributed by atoms with Crippen LogP contribution in [0.4, 0.5) is 0 Å². The van der Waals surface area contributed by atoms with E-state index in [0.29, 0.717) is 19.6 Å². The maximum atomic E-state index is 12.6. The number of hydrogen-bond donors (Lipinski definition) is 2. The first-order valence-electron chi connectivity index (χ1n) is 7.06. The molecule has 7 heteroatoms. The Morgan fingerprint density at radius 3 is 3.10 bits per heavy atom. The van der Waals surface area contributed by atoms with Gasteiger partial charge in [-0.3, -0.25) is 9.59 Å². The van der Waals surface area contributed by atoms with Gasteiger partial charge in [0.25, 0.3) is 5.91 Å². The van der Waals surface area contributed by atoms with Gasteiger partial charge in [-0.2, -0.15) is 0 Å². The third-order valence-electron chi connectivity index (χ3n) is 3.57. The molecule has 0 saturated carbocycles. The van der Waals surface area contributed by atoms with Gasteiger partial charge in [-0.05, 0) is 30.5 Å². The second-order valence-corrected chi connectivity index (χ2v) is 6.75. The van der Waals surface area contributed by atoms with Crippen LogP contribution in [0.15, 0.2) is 16.3 Å². The molecule has 1 unspecified atom stereocenters. The number of likely N-dealkylation sites (tertiary alicyclic amines) is 1. The first kappa shape index (κ1) is 16.3. The van der Waals surface area contributed by atoms with Crippen LogP contribution < -0.4 is 11.1 Å². The SMILES string of the molecule is CSc1ccsc1C(=O)N1CCCC(C(=O)NCCN)C1. The summed E-state index contributed by atoms with van der Waals surface area (Å²) in [6, 6.07) is 1.97. The van der Waals surface area contributed by atoms with Crippen molar-refractivity contribution in [2.24, 2.45) is 11.7 Å². The smallest absolute Gasteiger partial charge is 0.265 e. The fourth-order valence-electron chi connectivity index (χ4n) is 2.47. The van der Waals surface area contributed by atoms with Crippen molar-refractivity contribution < 1.29 is 9.59 Å². The van der Waals surface area contributed by atoms with Crippen molar-refractivity contribution in [3.05, 3.63) is 16.3 Å². The molecule has 5 nitrogen and oxygen atoms in total. The van der Waals surface area contributed by atoms with Crippen LogP contribution in [0.3, 0.4) is 0 Å². The van der Waals surface area contributed by atoms with Gasteiger partial charge < -0.3 is 16.0 Å². The average molecular weight is 327 g/mol. The zero-order valence-electron chi connectivity index (χ0n) is 12.1. The van der Waals surface area contributed by atoms with Crippen LogP contribution in [0.25, 0.3) is 0 Å². The second kappa shape index (κ2) is 7.82. The second-order valence-electron chi connectivity index (χ2n) is 4.99. The van der Waals surface area contributed by atoms with Gasteiger partial charge in [0.15, 0.2) is 0 Å². The summed E-state index contributed by atoms with van der Waals surface area (Å²) in [6.07, 6.45) is 3.67. The lowest BCUT2D eigenvalue weighted by molar-refractivity contribution is -0.126. The van der Waals surface area contributed by atoms with Crippen LogP contribution in [0.5, 0.6) is 0 Å². The van der Waals surface area contributed by atoms with Crippen LogP contribution >= 0.6 is 23.1 Å². The average Bonchev–Trinajstić information content (AvgIpc) is 3.00. The minimum Gasteiger partial charge on any atom is -0.355 e. The first-order valence-corrected chi connectivity index (χ1v) is 9.16. The predicted octanol–water partition coefficient (Wildman–Crippen LogP) is 1.40. The van der Waals surface area contributed by atoms with Gasteiger partial charge in [0, 0.05) is 31.1 Å². The molecule has 116 valence electrons. The molecule has 1 fully saturated rings. The van der Waals surface area contributed by atoms with E-state index in [1.54, 1.807) is 11.8 Å². The molecule has 1 aromatic rings. The molecule has 0 bridgehead atoms. The van der Waals surface area contributed by atoms with E-state index in [-0.39, 0.29) is 17.7 Å². The minimum absolute atomic E-state index is 0.00854. The number of nitrogens with two attached hydrogens (primary N) is 1. The van der Waals surface area contributed by atoms with Crippen molar-refractivity contribution in [3.63, 3.8) is 0 Å².